The van der Waals surface area contributed by atoms with E-state index in [-0.39, 0.29) is 24.4 Å². The fourth-order valence-electron chi connectivity index (χ4n) is 3.16. The van der Waals surface area contributed by atoms with Crippen molar-refractivity contribution in [2.45, 2.75) is 19.0 Å². The van der Waals surface area contributed by atoms with E-state index in [2.05, 4.69) is 5.32 Å². The number of nitrogens with one attached hydrogen (secondary N) is 1. The number of carboxylic acid groups (broad SMARTS) is 1. The van der Waals surface area contributed by atoms with Crippen molar-refractivity contribution < 1.29 is 14.7 Å². The van der Waals surface area contributed by atoms with Crippen LogP contribution in [0.3, 0.4) is 0 Å². The molecule has 1 saturated heterocycles. The Balaban J connectivity index is 1.96. The molecule has 1 fully saturated rings. The van der Waals surface area contributed by atoms with E-state index < -0.39 is 12.0 Å². The van der Waals surface area contributed by atoms with Gasteiger partial charge in [0.2, 0.25) is 5.91 Å². The summed E-state index contributed by atoms with van der Waals surface area (Å²) in [6.45, 7) is 1.21. The summed E-state index contributed by atoms with van der Waals surface area (Å²) in [4.78, 5) is 37.4. The smallest absolute Gasteiger partial charge is 0.305 e. The highest BCUT2D eigenvalue weighted by atomic mass is 16.4. The number of para-hydroxylation sites is 1. The number of nitrogens with zero attached hydrogens (tertiary/aromatic N) is 2. The van der Waals surface area contributed by atoms with Crippen molar-refractivity contribution in [3.8, 4) is 0 Å². The van der Waals surface area contributed by atoms with E-state index in [4.69, 9.17) is 5.11 Å². The van der Waals surface area contributed by atoms with Crippen LogP contribution in [0.15, 0.2) is 35.1 Å². The lowest BCUT2D eigenvalue weighted by Gasteiger charge is -2.34. The first-order valence-electron chi connectivity index (χ1n) is 7.78. The molecule has 1 aliphatic heterocycles. The summed E-state index contributed by atoms with van der Waals surface area (Å²) in [5.41, 5.74) is 1.26. The van der Waals surface area contributed by atoms with E-state index in [0.29, 0.717) is 18.7 Å². The Morgan fingerprint density at radius 2 is 2.08 bits per heavy atom. The van der Waals surface area contributed by atoms with Gasteiger partial charge in [-0.25, -0.2) is 0 Å². The lowest BCUT2D eigenvalue weighted by Crippen LogP contribution is -2.55. The Morgan fingerprint density at radius 3 is 2.83 bits per heavy atom. The molecule has 7 nitrogen and oxygen atoms in total. The quantitative estimate of drug-likeness (QED) is 0.842. The number of hydrogen-bond donors (Lipinski definition) is 2. The van der Waals surface area contributed by atoms with Gasteiger partial charge in [0.1, 0.15) is 6.04 Å². The summed E-state index contributed by atoms with van der Waals surface area (Å²) in [5, 5.41) is 12.7. The van der Waals surface area contributed by atoms with Gasteiger partial charge in [0.25, 0.3) is 5.56 Å². The lowest BCUT2D eigenvalue weighted by molar-refractivity contribution is -0.143. The average molecular weight is 329 g/mol. The summed E-state index contributed by atoms with van der Waals surface area (Å²) in [7, 11) is 1.71. The van der Waals surface area contributed by atoms with E-state index in [9.17, 15) is 14.4 Å². The first-order valence-corrected chi connectivity index (χ1v) is 7.78. The molecule has 1 atom stereocenters. The Kier molecular flexibility index (Phi) is 4.35. The van der Waals surface area contributed by atoms with E-state index in [1.165, 1.54) is 0 Å². The molecule has 2 aromatic rings. The largest absolute Gasteiger partial charge is 0.481 e. The summed E-state index contributed by atoms with van der Waals surface area (Å²) < 4.78 is 1.58. The van der Waals surface area contributed by atoms with Crippen molar-refractivity contribution >= 4 is 22.8 Å². The van der Waals surface area contributed by atoms with Crippen LogP contribution in [0.1, 0.15) is 12.0 Å². The van der Waals surface area contributed by atoms with E-state index in [1.807, 2.05) is 30.3 Å². The van der Waals surface area contributed by atoms with Crippen LogP contribution in [0.4, 0.5) is 0 Å². The predicted molar refractivity (Wildman–Crippen MR) is 88.6 cm³/mol. The summed E-state index contributed by atoms with van der Waals surface area (Å²) in [6.07, 6.45) is -0.278. The fraction of sp³-hybridized carbons (Fsp3) is 0.353. The van der Waals surface area contributed by atoms with Crippen LogP contribution in [0.5, 0.6) is 0 Å². The molecule has 3 rings (SSSR count). The fourth-order valence-corrected chi connectivity index (χ4v) is 3.16. The molecule has 24 heavy (non-hydrogen) atoms. The molecule has 0 unspecified atom stereocenters. The number of aryl methyl sites for hydroxylation is 1. The van der Waals surface area contributed by atoms with Crippen LogP contribution in [0.25, 0.3) is 10.9 Å². The molecule has 2 heterocycles. The van der Waals surface area contributed by atoms with Gasteiger partial charge in [0.15, 0.2) is 0 Å². The highest BCUT2D eigenvalue weighted by Gasteiger charge is 2.32. The molecule has 126 valence electrons. The SMILES string of the molecule is Cn1c(=O)c(CN2CCNC(=O)[C@H]2CC(=O)O)cc2ccccc21. The molecule has 1 aromatic heterocycles. The molecule has 1 aliphatic rings. The van der Waals surface area contributed by atoms with Gasteiger partial charge in [-0.15, -0.1) is 0 Å². The Labute approximate surface area is 138 Å². The standard InChI is InChI=1S/C17H19N3O4/c1-19-13-5-3-2-4-11(13)8-12(17(19)24)10-20-7-6-18-16(23)14(20)9-15(21)22/h2-5,8,14H,6-7,9-10H2,1H3,(H,18,23)(H,21,22)/t14-/m1/s1. The van der Waals surface area contributed by atoms with Crippen molar-refractivity contribution in [3.05, 3.63) is 46.2 Å². The van der Waals surface area contributed by atoms with E-state index in [1.54, 1.807) is 16.5 Å². The lowest BCUT2D eigenvalue weighted by atomic mass is 10.1. The van der Waals surface area contributed by atoms with Gasteiger partial charge in [-0.2, -0.15) is 0 Å². The summed E-state index contributed by atoms with van der Waals surface area (Å²) in [6, 6.07) is 8.64. The molecular formula is C17H19N3O4. The summed E-state index contributed by atoms with van der Waals surface area (Å²) >= 11 is 0. The molecule has 0 radical (unpaired) electrons. The third-order valence-corrected chi connectivity index (χ3v) is 4.39. The van der Waals surface area contributed by atoms with Crippen LogP contribution in [0, 0.1) is 0 Å². The number of aliphatic carboxylic acids is 1. The Hall–Kier alpha value is -2.67. The number of carbonyl (C=O) groups excluding carboxylic acids is 1. The zero-order valence-electron chi connectivity index (χ0n) is 13.4. The van der Waals surface area contributed by atoms with E-state index >= 15 is 0 Å². The monoisotopic (exact) mass is 329 g/mol. The minimum Gasteiger partial charge on any atom is -0.481 e. The van der Waals surface area contributed by atoms with Crippen LogP contribution in [-0.4, -0.2) is 45.6 Å². The van der Waals surface area contributed by atoms with Crippen molar-refractivity contribution in [2.75, 3.05) is 13.1 Å². The average Bonchev–Trinajstić information content (AvgIpc) is 2.55. The maximum Gasteiger partial charge on any atom is 0.305 e. The third-order valence-electron chi connectivity index (χ3n) is 4.39. The minimum absolute atomic E-state index is 0.131. The van der Waals surface area contributed by atoms with E-state index in [0.717, 1.165) is 10.9 Å². The molecule has 0 bridgehead atoms. The highest BCUT2D eigenvalue weighted by molar-refractivity contribution is 5.86. The van der Waals surface area contributed by atoms with Crippen molar-refractivity contribution in [1.82, 2.24) is 14.8 Å². The number of pyridine rings is 1. The molecule has 0 aliphatic carbocycles. The van der Waals surface area contributed by atoms with Crippen molar-refractivity contribution in [2.24, 2.45) is 7.05 Å². The second-order valence-electron chi connectivity index (χ2n) is 5.97. The highest BCUT2D eigenvalue weighted by Crippen LogP contribution is 2.16. The minimum atomic E-state index is -1.03. The topological polar surface area (TPSA) is 91.6 Å². The number of carboxylic acids is 1. The van der Waals surface area contributed by atoms with Gasteiger partial charge in [-0.05, 0) is 17.5 Å². The molecule has 0 saturated carbocycles. The number of piperazine rings is 1. The number of rotatable bonds is 4. The first-order chi connectivity index (χ1) is 11.5. The number of aromatic nitrogens is 1. The molecular weight excluding hydrogens is 310 g/mol. The molecule has 1 amide bonds. The number of carbonyl (C=O) groups is 2. The molecule has 2 N–H and O–H groups in total. The number of benzene rings is 1. The molecule has 7 heteroatoms. The van der Waals surface area contributed by atoms with Crippen LogP contribution in [0.2, 0.25) is 0 Å². The second kappa shape index (κ2) is 6.45. The summed E-state index contributed by atoms with van der Waals surface area (Å²) in [5.74, 6) is -1.34. The zero-order valence-corrected chi connectivity index (χ0v) is 13.4. The Bertz CT molecular complexity index is 859. The van der Waals surface area contributed by atoms with Gasteiger partial charge in [-0.1, -0.05) is 18.2 Å². The Morgan fingerprint density at radius 1 is 1.33 bits per heavy atom. The van der Waals surface area contributed by atoms with Gasteiger partial charge < -0.3 is 15.0 Å². The predicted octanol–water partition coefficient (Wildman–Crippen LogP) is 0.314. The van der Waals surface area contributed by atoms with Crippen LogP contribution < -0.4 is 10.9 Å². The number of fused-ring (bicyclic) bond motifs is 1. The zero-order chi connectivity index (χ0) is 17.3. The maximum atomic E-state index is 12.6. The first kappa shape index (κ1) is 16.2. The third kappa shape index (κ3) is 3.03. The normalized spacial score (nSPS) is 18.5. The van der Waals surface area contributed by atoms with Crippen LogP contribution in [-0.2, 0) is 23.2 Å². The van der Waals surface area contributed by atoms with Crippen molar-refractivity contribution in [3.63, 3.8) is 0 Å². The molecule has 1 aromatic carbocycles. The number of amides is 1. The second-order valence-corrected chi connectivity index (χ2v) is 5.97. The molecule has 0 spiro atoms. The number of hydrogen-bond acceptors (Lipinski definition) is 4. The van der Waals surface area contributed by atoms with Crippen LogP contribution >= 0.6 is 0 Å². The van der Waals surface area contributed by atoms with Gasteiger partial charge >= 0.3 is 5.97 Å². The van der Waals surface area contributed by atoms with Crippen molar-refractivity contribution in [1.29, 1.82) is 0 Å². The van der Waals surface area contributed by atoms with Gasteiger partial charge in [0.05, 0.1) is 11.9 Å². The van der Waals surface area contributed by atoms with Gasteiger partial charge in [0, 0.05) is 32.2 Å². The van der Waals surface area contributed by atoms with Gasteiger partial charge in [-0.3, -0.25) is 19.3 Å². The maximum absolute atomic E-state index is 12.6.